The van der Waals surface area contributed by atoms with Crippen LogP contribution in [0, 0.1) is 11.3 Å². The Hall–Kier alpha value is -1.28. The highest BCUT2D eigenvalue weighted by Crippen LogP contribution is 2.53. The summed E-state index contributed by atoms with van der Waals surface area (Å²) in [6, 6.07) is 9.84. The third-order valence-electron chi connectivity index (χ3n) is 5.83. The van der Waals surface area contributed by atoms with Gasteiger partial charge in [0.05, 0.1) is 19.3 Å². The predicted octanol–water partition coefficient (Wildman–Crippen LogP) is 2.39. The first-order chi connectivity index (χ1) is 12.7. The van der Waals surface area contributed by atoms with Crippen LogP contribution in [0.2, 0.25) is 0 Å². The van der Waals surface area contributed by atoms with E-state index in [9.17, 15) is 5.11 Å². The molecule has 4 rings (SSSR count). The molecule has 26 heavy (non-hydrogen) atoms. The van der Waals surface area contributed by atoms with Gasteiger partial charge in [0.1, 0.15) is 6.10 Å². The van der Waals surface area contributed by atoms with Crippen LogP contribution in [-0.4, -0.2) is 50.2 Å². The molecule has 3 fully saturated rings. The zero-order valence-corrected chi connectivity index (χ0v) is 15.0. The Morgan fingerprint density at radius 2 is 2.04 bits per heavy atom. The first-order valence-corrected chi connectivity index (χ1v) is 9.11. The van der Waals surface area contributed by atoms with Gasteiger partial charge in [-0.3, -0.25) is 0 Å². The van der Waals surface area contributed by atoms with Crippen LogP contribution in [0.1, 0.15) is 24.7 Å². The number of benzene rings is 1. The fraction of sp³-hybridized carbons (Fsp3) is 0.600. The summed E-state index contributed by atoms with van der Waals surface area (Å²) in [5.41, 5.74) is 0.442. The summed E-state index contributed by atoms with van der Waals surface area (Å²) in [6.45, 7) is 4.93. The molecule has 3 heterocycles. The number of hydrogen-bond acceptors (Lipinski definition) is 6. The molecule has 0 amide bonds. The average Bonchev–Trinajstić information content (AvgIpc) is 2.86. The summed E-state index contributed by atoms with van der Waals surface area (Å²) in [4.78, 5) is 0. The van der Waals surface area contributed by atoms with E-state index in [-0.39, 0.29) is 18.1 Å². The van der Waals surface area contributed by atoms with Gasteiger partial charge in [-0.05, 0) is 6.42 Å². The highest BCUT2D eigenvalue weighted by Gasteiger charge is 2.59. The van der Waals surface area contributed by atoms with Crippen LogP contribution < -0.4 is 0 Å². The minimum absolute atomic E-state index is 0.0158. The molecule has 142 valence electrons. The second-order valence-electron chi connectivity index (χ2n) is 7.15. The van der Waals surface area contributed by atoms with Crippen LogP contribution in [0.4, 0.5) is 0 Å². The molecular formula is C20H26O6. The van der Waals surface area contributed by atoms with E-state index >= 15 is 0 Å². The zero-order chi connectivity index (χ0) is 18.1. The Morgan fingerprint density at radius 1 is 1.23 bits per heavy atom. The smallest absolute Gasteiger partial charge is 0.184 e. The van der Waals surface area contributed by atoms with Gasteiger partial charge in [0, 0.05) is 30.4 Å². The number of methoxy groups -OCH3 is 1. The molecule has 0 saturated carbocycles. The maximum Gasteiger partial charge on any atom is 0.184 e. The van der Waals surface area contributed by atoms with E-state index in [0.717, 1.165) is 5.56 Å². The van der Waals surface area contributed by atoms with Crippen molar-refractivity contribution in [2.24, 2.45) is 11.3 Å². The summed E-state index contributed by atoms with van der Waals surface area (Å²) in [5.74, 6) is -0.0158. The summed E-state index contributed by atoms with van der Waals surface area (Å²) in [5, 5.41) is 10.3. The molecule has 3 aliphatic heterocycles. The van der Waals surface area contributed by atoms with Gasteiger partial charge >= 0.3 is 0 Å². The lowest BCUT2D eigenvalue weighted by molar-refractivity contribution is -0.358. The second-order valence-corrected chi connectivity index (χ2v) is 7.15. The standard InChI is InChI=1S/C20H26O6/c1-3-20-11-16(21)23-10-9-14(20)19(22-2)25-15-12-24-18(26-17(15)20)13-7-5-4-6-8-13/h3-8,14-19,21H,1,9-12H2,2H3/t14-,15+,16?,17?,18+,19-,20+/m0/s1. The van der Waals surface area contributed by atoms with Crippen molar-refractivity contribution in [3.63, 3.8) is 0 Å². The molecule has 0 radical (unpaired) electrons. The Morgan fingerprint density at radius 3 is 2.77 bits per heavy atom. The van der Waals surface area contributed by atoms with Crippen molar-refractivity contribution in [2.75, 3.05) is 20.3 Å². The number of aliphatic hydroxyl groups is 1. The van der Waals surface area contributed by atoms with Gasteiger partial charge in [-0.2, -0.15) is 0 Å². The molecule has 3 aliphatic rings. The first kappa shape index (κ1) is 18.1. The van der Waals surface area contributed by atoms with Gasteiger partial charge in [-0.1, -0.05) is 36.4 Å². The third kappa shape index (κ3) is 3.01. The van der Waals surface area contributed by atoms with Crippen LogP contribution in [0.25, 0.3) is 0 Å². The van der Waals surface area contributed by atoms with Crippen LogP contribution in [0.3, 0.4) is 0 Å². The molecule has 6 nitrogen and oxygen atoms in total. The molecular weight excluding hydrogens is 336 g/mol. The Kier molecular flexibility index (Phi) is 5.14. The summed E-state index contributed by atoms with van der Waals surface area (Å²) in [6.07, 6.45) is 0.650. The number of ether oxygens (including phenoxy) is 5. The molecule has 1 aromatic carbocycles. The first-order valence-electron chi connectivity index (χ1n) is 9.11. The Bertz CT molecular complexity index is 622. The summed E-state index contributed by atoms with van der Waals surface area (Å²) < 4.78 is 29.6. The van der Waals surface area contributed by atoms with Crippen molar-refractivity contribution in [3.8, 4) is 0 Å². The molecule has 7 atom stereocenters. The Balaban J connectivity index is 1.69. The van der Waals surface area contributed by atoms with Crippen LogP contribution in [0.5, 0.6) is 0 Å². The summed E-state index contributed by atoms with van der Waals surface area (Å²) >= 11 is 0. The zero-order valence-electron chi connectivity index (χ0n) is 15.0. The van der Waals surface area contributed by atoms with Crippen molar-refractivity contribution in [2.45, 2.75) is 43.9 Å². The van der Waals surface area contributed by atoms with Gasteiger partial charge in [0.2, 0.25) is 0 Å². The van der Waals surface area contributed by atoms with Crippen molar-refractivity contribution in [3.05, 3.63) is 48.6 Å². The molecule has 6 heteroatoms. The van der Waals surface area contributed by atoms with E-state index < -0.39 is 24.3 Å². The quantitative estimate of drug-likeness (QED) is 0.833. The fourth-order valence-electron chi connectivity index (χ4n) is 4.57. The number of rotatable bonds is 3. The average molecular weight is 362 g/mol. The maximum absolute atomic E-state index is 10.3. The minimum atomic E-state index is -0.865. The second kappa shape index (κ2) is 7.38. The van der Waals surface area contributed by atoms with E-state index in [1.165, 1.54) is 0 Å². The van der Waals surface area contributed by atoms with Gasteiger partial charge in [0.25, 0.3) is 0 Å². The monoisotopic (exact) mass is 362 g/mol. The van der Waals surface area contributed by atoms with Crippen LogP contribution >= 0.6 is 0 Å². The van der Waals surface area contributed by atoms with Crippen molar-refractivity contribution < 1.29 is 28.8 Å². The normalized spacial score (nSPS) is 43.0. The van der Waals surface area contributed by atoms with Crippen molar-refractivity contribution >= 4 is 0 Å². The number of aliphatic hydroxyl groups excluding tert-OH is 1. The van der Waals surface area contributed by atoms with E-state index in [4.69, 9.17) is 23.7 Å². The van der Waals surface area contributed by atoms with Crippen LogP contribution in [-0.2, 0) is 23.7 Å². The van der Waals surface area contributed by atoms with Crippen molar-refractivity contribution in [1.29, 1.82) is 0 Å². The lowest BCUT2D eigenvalue weighted by Gasteiger charge is -2.55. The molecule has 0 spiro atoms. The van der Waals surface area contributed by atoms with Gasteiger partial charge < -0.3 is 28.8 Å². The molecule has 0 bridgehead atoms. The lowest BCUT2D eigenvalue weighted by Crippen LogP contribution is -2.62. The lowest BCUT2D eigenvalue weighted by atomic mass is 9.64. The Labute approximate surface area is 153 Å². The van der Waals surface area contributed by atoms with E-state index in [1.807, 2.05) is 36.4 Å². The molecule has 1 aromatic rings. The topological polar surface area (TPSA) is 66.4 Å². The molecule has 0 aromatic heterocycles. The van der Waals surface area contributed by atoms with Gasteiger partial charge in [0.15, 0.2) is 18.9 Å². The minimum Gasteiger partial charge on any atom is -0.368 e. The largest absolute Gasteiger partial charge is 0.368 e. The molecule has 1 N–H and O–H groups in total. The molecule has 3 saturated heterocycles. The number of fused-ring (bicyclic) bond motifs is 3. The highest BCUT2D eigenvalue weighted by atomic mass is 16.7. The SMILES string of the molecule is C=C[C@@]12CC(O)OCC[C@H]1[C@@H](OC)O[C@@H]1CO[C@@H](c3ccccc3)OC12. The molecule has 0 aliphatic carbocycles. The predicted molar refractivity (Wildman–Crippen MR) is 93.0 cm³/mol. The third-order valence-corrected chi connectivity index (χ3v) is 5.83. The van der Waals surface area contributed by atoms with E-state index in [0.29, 0.717) is 26.1 Å². The highest BCUT2D eigenvalue weighted by molar-refractivity contribution is 5.18. The number of hydrogen-bond donors (Lipinski definition) is 1. The maximum atomic E-state index is 10.3. The summed E-state index contributed by atoms with van der Waals surface area (Å²) in [7, 11) is 1.64. The fourth-order valence-corrected chi connectivity index (χ4v) is 4.57. The van der Waals surface area contributed by atoms with Gasteiger partial charge in [-0.15, -0.1) is 6.58 Å². The van der Waals surface area contributed by atoms with E-state index in [2.05, 4.69) is 6.58 Å². The van der Waals surface area contributed by atoms with E-state index in [1.54, 1.807) is 7.11 Å². The van der Waals surface area contributed by atoms with Crippen molar-refractivity contribution in [1.82, 2.24) is 0 Å². The molecule has 2 unspecified atom stereocenters. The van der Waals surface area contributed by atoms with Gasteiger partial charge in [-0.25, -0.2) is 0 Å². The van der Waals surface area contributed by atoms with Crippen LogP contribution in [0.15, 0.2) is 43.0 Å².